The summed E-state index contributed by atoms with van der Waals surface area (Å²) in [4.78, 5) is 37.8. The van der Waals surface area contributed by atoms with Crippen molar-refractivity contribution in [1.82, 2.24) is 25.1 Å². The molecule has 276 valence electrons. The number of amides is 2. The Hall–Kier alpha value is -4.49. The number of methoxy groups -OCH3 is 1. The first kappa shape index (κ1) is 38.7. The van der Waals surface area contributed by atoms with E-state index in [1.54, 1.807) is 80.4 Å². The number of hydrogen-bond acceptors (Lipinski definition) is 9. The summed E-state index contributed by atoms with van der Waals surface area (Å²) in [6.07, 6.45) is 2.11. The van der Waals surface area contributed by atoms with Gasteiger partial charge in [-0.1, -0.05) is 47.5 Å². The van der Waals surface area contributed by atoms with E-state index in [2.05, 4.69) is 15.6 Å². The molecule has 1 fully saturated rings. The molecule has 0 radical (unpaired) electrons. The number of aliphatic hydroxyl groups excluding tert-OH is 1. The van der Waals surface area contributed by atoms with Crippen LogP contribution in [0.15, 0.2) is 60.8 Å². The lowest BCUT2D eigenvalue weighted by Gasteiger charge is -2.29. The molecule has 1 aliphatic rings. The van der Waals surface area contributed by atoms with Gasteiger partial charge in [0, 0.05) is 60.5 Å². The van der Waals surface area contributed by atoms with Crippen molar-refractivity contribution in [2.45, 2.75) is 58.3 Å². The van der Waals surface area contributed by atoms with E-state index in [9.17, 15) is 14.7 Å². The zero-order chi connectivity index (χ0) is 37.6. The van der Waals surface area contributed by atoms with Gasteiger partial charge in [0.25, 0.3) is 0 Å². The minimum Gasteiger partial charge on any atom is -0.481 e. The van der Waals surface area contributed by atoms with Crippen molar-refractivity contribution in [2.75, 3.05) is 39.2 Å². The molecule has 0 spiro atoms. The topological polar surface area (TPSA) is 129 Å². The number of hydrogen-bond donors (Lipinski definition) is 3. The van der Waals surface area contributed by atoms with E-state index in [0.29, 0.717) is 65.3 Å². The molecule has 4 aromatic rings. The lowest BCUT2D eigenvalue weighted by atomic mass is 10.0. The van der Waals surface area contributed by atoms with E-state index in [1.807, 2.05) is 18.0 Å². The van der Waals surface area contributed by atoms with Crippen molar-refractivity contribution >= 4 is 46.6 Å². The summed E-state index contributed by atoms with van der Waals surface area (Å²) in [6, 6.07) is 15.5. The standard InChI is InChI=1S/C38H43Cl2FN6O5/c1-38(2,3)52-37(50)47(22-25-13-15-31(49)43-25)21-24-12-14-28(45-36(24)51-5)26-16-17-42-35(33(26)40)27-9-7-10-29(32(27)39)44-30-11-6-8-23(34(30)41)20-46(4)18-19-48/h6-12,14,16-17,25,44,48H,13,15,18-22H2,1-5H3,(H,43,49)/t25-/m0/s1. The Kier molecular flexibility index (Phi) is 12.6. The SMILES string of the molecule is COc1nc(-c2ccnc(-c3cccc(Nc4cccc(CN(C)CCO)c4F)c3Cl)c2Cl)ccc1CN(C[C@@H]1CCC(=O)N1)C(=O)OC(C)(C)C. The van der Waals surface area contributed by atoms with Gasteiger partial charge in [-0.25, -0.2) is 14.2 Å². The number of carbonyl (C=O) groups is 2. The van der Waals surface area contributed by atoms with Crippen LogP contribution >= 0.6 is 23.2 Å². The molecule has 0 bridgehead atoms. The molecule has 1 atom stereocenters. The number of benzene rings is 2. The Balaban J connectivity index is 1.41. The maximum atomic E-state index is 15.5. The van der Waals surface area contributed by atoms with Crippen LogP contribution in [0.1, 0.15) is 44.7 Å². The molecule has 3 heterocycles. The lowest BCUT2D eigenvalue weighted by Crippen LogP contribution is -2.43. The van der Waals surface area contributed by atoms with Crippen LogP contribution < -0.4 is 15.4 Å². The van der Waals surface area contributed by atoms with Crippen molar-refractivity contribution in [1.29, 1.82) is 0 Å². The van der Waals surface area contributed by atoms with Crippen LogP contribution in [0.2, 0.25) is 10.0 Å². The van der Waals surface area contributed by atoms with E-state index < -0.39 is 17.5 Å². The fourth-order valence-electron chi connectivity index (χ4n) is 5.86. The van der Waals surface area contributed by atoms with Crippen molar-refractivity contribution in [3.8, 4) is 28.4 Å². The van der Waals surface area contributed by atoms with E-state index in [0.717, 1.165) is 0 Å². The highest BCUT2D eigenvalue weighted by Gasteiger charge is 2.29. The minimum absolute atomic E-state index is 0.0248. The predicted molar refractivity (Wildman–Crippen MR) is 200 cm³/mol. The number of anilines is 2. The summed E-state index contributed by atoms with van der Waals surface area (Å²) >= 11 is 13.9. The van der Waals surface area contributed by atoms with Gasteiger partial charge in [0.2, 0.25) is 11.8 Å². The quantitative estimate of drug-likeness (QED) is 0.128. The number of pyridine rings is 2. The highest BCUT2D eigenvalue weighted by Crippen LogP contribution is 2.41. The summed E-state index contributed by atoms with van der Waals surface area (Å²) in [5.41, 5.74) is 3.07. The molecule has 2 aromatic carbocycles. The lowest BCUT2D eigenvalue weighted by molar-refractivity contribution is -0.119. The van der Waals surface area contributed by atoms with Gasteiger partial charge >= 0.3 is 6.09 Å². The average Bonchev–Trinajstić information content (AvgIpc) is 3.51. The molecule has 5 rings (SSSR count). The third-order valence-electron chi connectivity index (χ3n) is 8.36. The first-order chi connectivity index (χ1) is 24.8. The molecule has 52 heavy (non-hydrogen) atoms. The van der Waals surface area contributed by atoms with E-state index in [-0.39, 0.29) is 53.3 Å². The van der Waals surface area contributed by atoms with Crippen LogP contribution in [0.3, 0.4) is 0 Å². The third kappa shape index (κ3) is 9.48. The number of halogens is 3. The number of nitrogens with zero attached hydrogens (tertiary/aromatic N) is 4. The smallest absolute Gasteiger partial charge is 0.410 e. The number of aliphatic hydroxyl groups is 1. The third-order valence-corrected chi connectivity index (χ3v) is 9.15. The van der Waals surface area contributed by atoms with Crippen LogP contribution in [0.25, 0.3) is 22.5 Å². The summed E-state index contributed by atoms with van der Waals surface area (Å²) in [5, 5.41) is 15.8. The van der Waals surface area contributed by atoms with Gasteiger partial charge in [-0.3, -0.25) is 14.7 Å². The van der Waals surface area contributed by atoms with Crippen LogP contribution in [0.5, 0.6) is 5.88 Å². The first-order valence-corrected chi connectivity index (χ1v) is 17.6. The highest BCUT2D eigenvalue weighted by molar-refractivity contribution is 6.39. The fourth-order valence-corrected chi connectivity index (χ4v) is 6.43. The average molecular weight is 754 g/mol. The second-order valence-electron chi connectivity index (χ2n) is 13.6. The fraction of sp³-hybridized carbons (Fsp3) is 0.368. The molecule has 0 saturated carbocycles. The maximum Gasteiger partial charge on any atom is 0.410 e. The van der Waals surface area contributed by atoms with Gasteiger partial charge in [0.05, 0.1) is 53.1 Å². The Bertz CT molecular complexity index is 1920. The van der Waals surface area contributed by atoms with Gasteiger partial charge in [-0.2, -0.15) is 0 Å². The maximum absolute atomic E-state index is 15.5. The van der Waals surface area contributed by atoms with Crippen molar-refractivity contribution in [3.63, 3.8) is 0 Å². The van der Waals surface area contributed by atoms with Crippen molar-refractivity contribution in [3.05, 3.63) is 87.8 Å². The van der Waals surface area contributed by atoms with E-state index in [4.69, 9.17) is 37.7 Å². The highest BCUT2D eigenvalue weighted by atomic mass is 35.5. The molecular formula is C38H43Cl2FN6O5. The van der Waals surface area contributed by atoms with Gasteiger partial charge in [0.15, 0.2) is 5.82 Å². The van der Waals surface area contributed by atoms with Crippen molar-refractivity contribution in [2.24, 2.45) is 0 Å². The molecule has 2 aromatic heterocycles. The number of ether oxygens (including phenoxy) is 2. The Labute approximate surface area is 313 Å². The van der Waals surface area contributed by atoms with Crippen LogP contribution in [0, 0.1) is 5.82 Å². The molecule has 2 amide bonds. The summed E-state index contributed by atoms with van der Waals surface area (Å²) < 4.78 is 26.9. The Morgan fingerprint density at radius 2 is 1.79 bits per heavy atom. The van der Waals surface area contributed by atoms with Gasteiger partial charge in [-0.05, 0) is 64.6 Å². The number of nitrogens with one attached hydrogen (secondary N) is 2. The second kappa shape index (κ2) is 16.9. The molecule has 1 aliphatic heterocycles. The normalized spacial score (nSPS) is 14.3. The molecule has 0 aliphatic carbocycles. The number of rotatable bonds is 13. The van der Waals surface area contributed by atoms with Gasteiger partial charge < -0.3 is 30.1 Å². The van der Waals surface area contributed by atoms with Crippen molar-refractivity contribution < 1.29 is 28.6 Å². The molecule has 3 N–H and O–H groups in total. The molecular weight excluding hydrogens is 710 g/mol. The number of carbonyl (C=O) groups excluding carboxylic acids is 2. The molecule has 0 unspecified atom stereocenters. The van der Waals surface area contributed by atoms with Crippen LogP contribution in [0.4, 0.5) is 20.6 Å². The molecule has 14 heteroatoms. The summed E-state index contributed by atoms with van der Waals surface area (Å²) in [7, 11) is 3.30. The number of likely N-dealkylation sites (N-methyl/N-ethyl adjacent to an activating group) is 1. The second-order valence-corrected chi connectivity index (χ2v) is 14.3. The zero-order valence-corrected chi connectivity index (χ0v) is 31.3. The minimum atomic E-state index is -0.714. The van der Waals surface area contributed by atoms with E-state index >= 15 is 4.39 Å². The molecule has 1 saturated heterocycles. The van der Waals surface area contributed by atoms with Gasteiger partial charge in [-0.15, -0.1) is 0 Å². The number of aromatic nitrogens is 2. The Morgan fingerprint density at radius 1 is 1.04 bits per heavy atom. The summed E-state index contributed by atoms with van der Waals surface area (Å²) in [5.74, 6) is -0.185. The Morgan fingerprint density at radius 3 is 2.48 bits per heavy atom. The zero-order valence-electron chi connectivity index (χ0n) is 29.8. The first-order valence-electron chi connectivity index (χ1n) is 16.9. The molecule has 11 nitrogen and oxygen atoms in total. The predicted octanol–water partition coefficient (Wildman–Crippen LogP) is 7.45. The van der Waals surface area contributed by atoms with Gasteiger partial charge in [0.1, 0.15) is 5.60 Å². The van der Waals surface area contributed by atoms with Crippen LogP contribution in [-0.2, 0) is 22.6 Å². The largest absolute Gasteiger partial charge is 0.481 e. The van der Waals surface area contributed by atoms with E-state index in [1.165, 1.54) is 7.11 Å². The monoisotopic (exact) mass is 752 g/mol. The van der Waals surface area contributed by atoms with Crippen LogP contribution in [-0.4, -0.2) is 82.4 Å². The summed E-state index contributed by atoms with van der Waals surface area (Å²) in [6.45, 7) is 6.50.